The van der Waals surface area contributed by atoms with Crippen molar-refractivity contribution in [2.45, 2.75) is 20.5 Å². The molecule has 0 aliphatic carbocycles. The van der Waals surface area contributed by atoms with E-state index in [0.717, 1.165) is 0 Å². The highest BCUT2D eigenvalue weighted by Gasteiger charge is 2.21. The van der Waals surface area contributed by atoms with E-state index in [1.807, 2.05) is 0 Å². The third-order valence-corrected chi connectivity index (χ3v) is 4.08. The van der Waals surface area contributed by atoms with E-state index in [1.54, 1.807) is 50.2 Å². The van der Waals surface area contributed by atoms with Gasteiger partial charge in [-0.1, -0.05) is 22.8 Å². The molecule has 3 rings (SSSR count). The van der Waals surface area contributed by atoms with Crippen molar-refractivity contribution < 1.29 is 18.4 Å². The van der Waals surface area contributed by atoms with Gasteiger partial charge in [-0.3, -0.25) is 4.79 Å². The standard InChI is InChI=1S/C19H16ClFN2O3/c1-11-3-6-14(9-17(11)21)22-19(24)18-16(12(2)26-23-18)10-25-15-7-4-13(20)5-8-15/h3-9H,10H2,1-2H3,(H,22,24). The van der Waals surface area contributed by atoms with Crippen LogP contribution in [0.1, 0.15) is 27.4 Å². The Bertz CT molecular complexity index is 938. The first-order valence-electron chi connectivity index (χ1n) is 7.85. The number of carbonyl (C=O) groups excluding carboxylic acids is 1. The Kier molecular flexibility index (Phi) is 5.23. The van der Waals surface area contributed by atoms with Gasteiger partial charge in [0, 0.05) is 10.7 Å². The molecule has 0 aliphatic rings. The molecule has 7 heteroatoms. The lowest BCUT2D eigenvalue weighted by Crippen LogP contribution is -2.15. The third-order valence-electron chi connectivity index (χ3n) is 3.83. The molecule has 3 aromatic rings. The van der Waals surface area contributed by atoms with Crippen LogP contribution in [0.2, 0.25) is 5.02 Å². The molecule has 0 aliphatic heterocycles. The molecule has 0 unspecified atom stereocenters. The minimum Gasteiger partial charge on any atom is -0.489 e. The lowest BCUT2D eigenvalue weighted by atomic mass is 10.2. The number of aryl methyl sites for hydroxylation is 2. The predicted octanol–water partition coefficient (Wildman–Crippen LogP) is 4.92. The Hall–Kier alpha value is -2.86. The van der Waals surface area contributed by atoms with Gasteiger partial charge in [0.05, 0.1) is 5.56 Å². The van der Waals surface area contributed by atoms with Crippen LogP contribution >= 0.6 is 11.6 Å². The van der Waals surface area contributed by atoms with E-state index < -0.39 is 11.7 Å². The number of rotatable bonds is 5. The first-order chi connectivity index (χ1) is 12.4. The molecule has 0 fully saturated rings. The highest BCUT2D eigenvalue weighted by Crippen LogP contribution is 2.21. The number of ether oxygens (including phenoxy) is 1. The minimum atomic E-state index is -0.500. The molecule has 134 valence electrons. The summed E-state index contributed by atoms with van der Waals surface area (Å²) in [6.07, 6.45) is 0. The molecule has 5 nitrogen and oxygen atoms in total. The molecule has 1 amide bonds. The summed E-state index contributed by atoms with van der Waals surface area (Å²) in [5, 5.41) is 7.01. The molecular weight excluding hydrogens is 359 g/mol. The van der Waals surface area contributed by atoms with Crippen LogP contribution in [0.4, 0.5) is 10.1 Å². The van der Waals surface area contributed by atoms with Crippen LogP contribution in [0.5, 0.6) is 5.75 Å². The van der Waals surface area contributed by atoms with Crippen molar-refractivity contribution >= 4 is 23.2 Å². The summed E-state index contributed by atoms with van der Waals surface area (Å²) >= 11 is 5.84. The number of carbonyl (C=O) groups is 1. The molecule has 1 N–H and O–H groups in total. The Labute approximate surface area is 154 Å². The molecule has 26 heavy (non-hydrogen) atoms. The predicted molar refractivity (Wildman–Crippen MR) is 96.1 cm³/mol. The van der Waals surface area contributed by atoms with E-state index in [4.69, 9.17) is 20.9 Å². The van der Waals surface area contributed by atoms with Gasteiger partial charge in [0.2, 0.25) is 0 Å². The summed E-state index contributed by atoms with van der Waals surface area (Å²) in [5.41, 5.74) is 1.45. The normalized spacial score (nSPS) is 10.6. The molecule has 2 aromatic carbocycles. The molecule has 0 saturated carbocycles. The average Bonchev–Trinajstić information content (AvgIpc) is 2.98. The zero-order valence-electron chi connectivity index (χ0n) is 14.2. The van der Waals surface area contributed by atoms with Crippen molar-refractivity contribution in [3.63, 3.8) is 0 Å². The number of nitrogens with zero attached hydrogens (tertiary/aromatic N) is 1. The third kappa shape index (κ3) is 4.03. The van der Waals surface area contributed by atoms with Crippen molar-refractivity contribution in [2.75, 3.05) is 5.32 Å². The summed E-state index contributed by atoms with van der Waals surface area (Å²) in [4.78, 5) is 12.5. The lowest BCUT2D eigenvalue weighted by molar-refractivity contribution is 0.101. The van der Waals surface area contributed by atoms with E-state index in [-0.39, 0.29) is 12.3 Å². The minimum absolute atomic E-state index is 0.0949. The number of hydrogen-bond acceptors (Lipinski definition) is 4. The van der Waals surface area contributed by atoms with E-state index in [9.17, 15) is 9.18 Å². The van der Waals surface area contributed by atoms with Gasteiger partial charge in [0.25, 0.3) is 5.91 Å². The Morgan fingerprint density at radius 1 is 1.23 bits per heavy atom. The number of benzene rings is 2. The second-order valence-electron chi connectivity index (χ2n) is 5.73. The van der Waals surface area contributed by atoms with Crippen LogP contribution in [0, 0.1) is 19.7 Å². The smallest absolute Gasteiger partial charge is 0.278 e. The van der Waals surface area contributed by atoms with E-state index >= 15 is 0 Å². The Morgan fingerprint density at radius 2 is 1.96 bits per heavy atom. The number of hydrogen-bond donors (Lipinski definition) is 1. The summed E-state index contributed by atoms with van der Waals surface area (Å²) in [7, 11) is 0. The first kappa shape index (κ1) is 17.9. The zero-order chi connectivity index (χ0) is 18.7. The number of nitrogens with one attached hydrogen (secondary N) is 1. The Morgan fingerprint density at radius 3 is 2.65 bits per heavy atom. The van der Waals surface area contributed by atoms with Crippen molar-refractivity contribution in [1.29, 1.82) is 0 Å². The number of amides is 1. The summed E-state index contributed by atoms with van der Waals surface area (Å²) in [6.45, 7) is 3.44. The maximum atomic E-state index is 13.6. The van der Waals surface area contributed by atoms with E-state index in [2.05, 4.69) is 10.5 Å². The number of halogens is 2. The van der Waals surface area contributed by atoms with E-state index in [1.165, 1.54) is 6.07 Å². The van der Waals surface area contributed by atoms with Crippen LogP contribution in [0.25, 0.3) is 0 Å². The lowest BCUT2D eigenvalue weighted by Gasteiger charge is -2.08. The summed E-state index contributed by atoms with van der Waals surface area (Å²) in [6, 6.07) is 11.3. The molecule has 0 radical (unpaired) electrons. The monoisotopic (exact) mass is 374 g/mol. The highest BCUT2D eigenvalue weighted by molar-refractivity contribution is 6.30. The van der Waals surface area contributed by atoms with Crippen molar-refractivity contribution in [2.24, 2.45) is 0 Å². The van der Waals surface area contributed by atoms with Gasteiger partial charge < -0.3 is 14.6 Å². The second kappa shape index (κ2) is 7.58. The van der Waals surface area contributed by atoms with Gasteiger partial charge >= 0.3 is 0 Å². The van der Waals surface area contributed by atoms with Crippen LogP contribution in [0.3, 0.4) is 0 Å². The number of aromatic nitrogens is 1. The first-order valence-corrected chi connectivity index (χ1v) is 8.23. The average molecular weight is 375 g/mol. The second-order valence-corrected chi connectivity index (χ2v) is 6.16. The largest absolute Gasteiger partial charge is 0.489 e. The maximum Gasteiger partial charge on any atom is 0.278 e. The quantitative estimate of drug-likeness (QED) is 0.688. The fourth-order valence-electron chi connectivity index (χ4n) is 2.29. The summed E-state index contributed by atoms with van der Waals surface area (Å²) < 4.78 is 24.4. The fraction of sp³-hybridized carbons (Fsp3) is 0.158. The van der Waals surface area contributed by atoms with Gasteiger partial charge in [-0.15, -0.1) is 0 Å². The van der Waals surface area contributed by atoms with Crippen LogP contribution in [-0.2, 0) is 6.61 Å². The van der Waals surface area contributed by atoms with Crippen molar-refractivity contribution in [1.82, 2.24) is 5.16 Å². The van der Waals surface area contributed by atoms with Crippen molar-refractivity contribution in [3.8, 4) is 5.75 Å². The van der Waals surface area contributed by atoms with Gasteiger partial charge in [0.15, 0.2) is 5.69 Å². The zero-order valence-corrected chi connectivity index (χ0v) is 14.9. The molecule has 0 atom stereocenters. The fourth-order valence-corrected chi connectivity index (χ4v) is 2.41. The highest BCUT2D eigenvalue weighted by atomic mass is 35.5. The Balaban J connectivity index is 1.74. The van der Waals surface area contributed by atoms with Crippen LogP contribution in [-0.4, -0.2) is 11.1 Å². The molecule has 1 heterocycles. The van der Waals surface area contributed by atoms with Gasteiger partial charge in [-0.05, 0) is 55.8 Å². The SMILES string of the molecule is Cc1ccc(NC(=O)c2noc(C)c2COc2ccc(Cl)cc2)cc1F. The van der Waals surface area contributed by atoms with Gasteiger partial charge in [0.1, 0.15) is 23.9 Å². The molecule has 0 bridgehead atoms. The molecule has 0 saturated heterocycles. The maximum absolute atomic E-state index is 13.6. The topological polar surface area (TPSA) is 64.4 Å². The summed E-state index contributed by atoms with van der Waals surface area (Å²) in [5.74, 6) is 0.173. The van der Waals surface area contributed by atoms with Gasteiger partial charge in [-0.25, -0.2) is 4.39 Å². The molecule has 1 aromatic heterocycles. The van der Waals surface area contributed by atoms with Crippen LogP contribution < -0.4 is 10.1 Å². The van der Waals surface area contributed by atoms with Crippen LogP contribution in [0.15, 0.2) is 47.0 Å². The molecular formula is C19H16ClFN2O3. The van der Waals surface area contributed by atoms with Crippen molar-refractivity contribution in [3.05, 3.63) is 75.9 Å². The van der Waals surface area contributed by atoms with Gasteiger partial charge in [-0.2, -0.15) is 0 Å². The van der Waals surface area contributed by atoms with E-state index in [0.29, 0.717) is 33.3 Å². The molecule has 0 spiro atoms. The number of anilines is 1.